The molecule has 1 N–H and O–H groups in total. The molecule has 1 saturated carbocycles. The Labute approximate surface area is 192 Å². The van der Waals surface area contributed by atoms with Crippen molar-refractivity contribution in [2.24, 2.45) is 5.92 Å². The van der Waals surface area contributed by atoms with Crippen LogP contribution in [0, 0.1) is 12.8 Å². The molecule has 1 aromatic carbocycles. The third-order valence-electron chi connectivity index (χ3n) is 7.46. The summed E-state index contributed by atoms with van der Waals surface area (Å²) in [4.78, 5) is 26.9. The molecule has 1 aliphatic carbocycles. The van der Waals surface area contributed by atoms with E-state index in [1.807, 2.05) is 11.7 Å². The number of pyridine rings is 1. The Morgan fingerprint density at radius 2 is 1.94 bits per heavy atom. The van der Waals surface area contributed by atoms with Crippen molar-refractivity contribution in [1.29, 1.82) is 0 Å². The van der Waals surface area contributed by atoms with Crippen molar-refractivity contribution in [3.63, 3.8) is 0 Å². The maximum absolute atomic E-state index is 13.2. The predicted octanol–water partition coefficient (Wildman–Crippen LogP) is 3.75. The second-order valence-electron chi connectivity index (χ2n) is 9.59. The van der Waals surface area contributed by atoms with Crippen LogP contribution >= 0.6 is 11.3 Å². The van der Waals surface area contributed by atoms with E-state index in [4.69, 9.17) is 0 Å². The van der Waals surface area contributed by atoms with Gasteiger partial charge in [-0.25, -0.2) is 9.97 Å². The maximum atomic E-state index is 13.2. The van der Waals surface area contributed by atoms with E-state index in [-0.39, 0.29) is 5.92 Å². The van der Waals surface area contributed by atoms with Crippen LogP contribution in [0.4, 0.5) is 5.82 Å². The summed E-state index contributed by atoms with van der Waals surface area (Å²) in [7, 11) is 0. The van der Waals surface area contributed by atoms with E-state index in [0.717, 1.165) is 56.7 Å². The van der Waals surface area contributed by atoms with Crippen LogP contribution < -0.4 is 10.2 Å². The molecule has 2 saturated heterocycles. The van der Waals surface area contributed by atoms with Crippen LogP contribution in [0.3, 0.4) is 0 Å². The van der Waals surface area contributed by atoms with E-state index in [1.165, 1.54) is 15.8 Å². The first-order valence-corrected chi connectivity index (χ1v) is 12.6. The Balaban J connectivity index is 1.03. The Hall–Kier alpha value is -2.51. The second kappa shape index (κ2) is 8.12. The molecule has 2 unspecified atom stereocenters. The van der Waals surface area contributed by atoms with Gasteiger partial charge in [0.25, 0.3) is 0 Å². The van der Waals surface area contributed by atoms with Gasteiger partial charge in [0.2, 0.25) is 5.91 Å². The number of hydrogen-bond donors (Lipinski definition) is 1. The summed E-state index contributed by atoms with van der Waals surface area (Å²) in [5.41, 5.74) is 5.48. The van der Waals surface area contributed by atoms with E-state index in [0.29, 0.717) is 24.0 Å². The fourth-order valence-electron chi connectivity index (χ4n) is 5.65. The third-order valence-corrected chi connectivity index (χ3v) is 8.38. The first-order chi connectivity index (χ1) is 15.7. The smallest absolute Gasteiger partial charge is 0.225 e. The summed E-state index contributed by atoms with van der Waals surface area (Å²) < 4.78 is 1.27. The van der Waals surface area contributed by atoms with Crippen LogP contribution in [0.15, 0.2) is 42.0 Å². The van der Waals surface area contributed by atoms with Crippen LogP contribution in [0.25, 0.3) is 10.2 Å². The van der Waals surface area contributed by atoms with Gasteiger partial charge in [0.15, 0.2) is 0 Å². The number of thiazole rings is 1. The number of carbonyl (C=O) groups excluding carboxylic acids is 1. The first kappa shape index (κ1) is 20.1. The van der Waals surface area contributed by atoms with Crippen molar-refractivity contribution >= 4 is 33.3 Å². The van der Waals surface area contributed by atoms with Crippen molar-refractivity contribution < 1.29 is 4.79 Å². The minimum atomic E-state index is 0.176. The lowest BCUT2D eigenvalue weighted by Gasteiger charge is -2.45. The average Bonchev–Trinajstić information content (AvgIpc) is 3.35. The molecule has 6 nitrogen and oxygen atoms in total. The number of rotatable bonds is 5. The zero-order valence-electron chi connectivity index (χ0n) is 18.4. The van der Waals surface area contributed by atoms with Gasteiger partial charge in [-0.2, -0.15) is 0 Å². The molecule has 166 valence electrons. The van der Waals surface area contributed by atoms with Crippen LogP contribution in [0.2, 0.25) is 0 Å². The van der Waals surface area contributed by atoms with Gasteiger partial charge >= 0.3 is 0 Å². The van der Waals surface area contributed by atoms with Crippen molar-refractivity contribution in [2.75, 3.05) is 18.0 Å². The number of hydrogen-bond acceptors (Lipinski definition) is 6. The number of nitrogens with zero attached hydrogens (tertiary/aromatic N) is 4. The van der Waals surface area contributed by atoms with Gasteiger partial charge in [-0.05, 0) is 55.9 Å². The highest BCUT2D eigenvalue weighted by atomic mass is 32.1. The fourth-order valence-corrected chi connectivity index (χ4v) is 6.46. The monoisotopic (exact) mass is 447 g/mol. The molecule has 7 heteroatoms. The zero-order chi connectivity index (χ0) is 21.7. The fraction of sp³-hybridized carbons (Fsp3) is 0.480. The van der Waals surface area contributed by atoms with Crippen molar-refractivity contribution in [3.05, 3.63) is 53.2 Å². The molecule has 3 aromatic rings. The highest BCUT2D eigenvalue weighted by Gasteiger charge is 2.45. The van der Waals surface area contributed by atoms with Gasteiger partial charge in [0.05, 0.1) is 15.7 Å². The molecular weight excluding hydrogens is 418 g/mol. The molecule has 6 rings (SSSR count). The maximum Gasteiger partial charge on any atom is 0.225 e. The number of fused-ring (bicyclic) bond motifs is 3. The summed E-state index contributed by atoms with van der Waals surface area (Å²) in [6, 6.07) is 11.8. The summed E-state index contributed by atoms with van der Waals surface area (Å²) in [5.74, 6) is 1.61. The van der Waals surface area contributed by atoms with Crippen molar-refractivity contribution in [1.82, 2.24) is 20.2 Å². The number of amides is 1. The average molecular weight is 448 g/mol. The summed E-state index contributed by atoms with van der Waals surface area (Å²) in [5, 5.41) is 3.66. The van der Waals surface area contributed by atoms with Gasteiger partial charge < -0.3 is 15.1 Å². The molecule has 2 aliphatic heterocycles. The Kier molecular flexibility index (Phi) is 5.11. The summed E-state index contributed by atoms with van der Waals surface area (Å²) >= 11 is 1.70. The lowest BCUT2D eigenvalue weighted by molar-refractivity contribution is -0.140. The van der Waals surface area contributed by atoms with Gasteiger partial charge in [0, 0.05) is 49.9 Å². The number of aromatic nitrogens is 2. The highest BCUT2D eigenvalue weighted by Crippen LogP contribution is 2.37. The molecule has 32 heavy (non-hydrogen) atoms. The van der Waals surface area contributed by atoms with Crippen LogP contribution in [0.5, 0.6) is 0 Å². The molecule has 3 fully saturated rings. The Morgan fingerprint density at radius 1 is 1.12 bits per heavy atom. The summed E-state index contributed by atoms with van der Waals surface area (Å²) in [6.45, 7) is 4.60. The van der Waals surface area contributed by atoms with Crippen molar-refractivity contribution in [2.45, 2.75) is 57.3 Å². The Morgan fingerprint density at radius 3 is 2.69 bits per heavy atom. The van der Waals surface area contributed by atoms with E-state index >= 15 is 0 Å². The molecule has 2 aromatic heterocycles. The van der Waals surface area contributed by atoms with Gasteiger partial charge in [0.1, 0.15) is 5.82 Å². The molecule has 2 bridgehead atoms. The molecule has 4 heterocycles. The SMILES string of the molecule is Cc1ccc(N2C3CCC2CN(C(=O)C2CC(NCc4cccc5ncsc45)C2)C3)nc1. The predicted molar refractivity (Wildman–Crippen MR) is 128 cm³/mol. The van der Waals surface area contributed by atoms with Crippen molar-refractivity contribution in [3.8, 4) is 0 Å². The zero-order valence-corrected chi connectivity index (χ0v) is 19.2. The van der Waals surface area contributed by atoms with Crippen LogP contribution in [0.1, 0.15) is 36.8 Å². The molecule has 2 atom stereocenters. The quantitative estimate of drug-likeness (QED) is 0.646. The van der Waals surface area contributed by atoms with Gasteiger partial charge in [-0.15, -0.1) is 11.3 Å². The number of nitrogens with one attached hydrogen (secondary N) is 1. The van der Waals surface area contributed by atoms with E-state index in [1.54, 1.807) is 11.3 Å². The lowest BCUT2D eigenvalue weighted by atomic mass is 9.79. The molecule has 0 radical (unpaired) electrons. The second-order valence-corrected chi connectivity index (χ2v) is 10.4. The minimum absolute atomic E-state index is 0.176. The molecule has 1 amide bonds. The number of piperazine rings is 1. The molecule has 0 spiro atoms. The van der Waals surface area contributed by atoms with E-state index in [9.17, 15) is 4.79 Å². The molecule has 3 aliphatic rings. The number of benzene rings is 1. The standard InChI is InChI=1S/C25H29N5OS/c1-16-5-8-23(27-11-16)30-20-6-7-21(30)14-29(13-20)25(31)18-9-19(10-18)26-12-17-3-2-4-22-24(17)32-15-28-22/h2-5,8,11,15,18-21,26H,6-7,9-10,12-14H2,1H3. The number of anilines is 1. The molecular formula is C25H29N5OS. The highest BCUT2D eigenvalue weighted by molar-refractivity contribution is 7.16. The normalized spacial score (nSPS) is 27.0. The first-order valence-electron chi connectivity index (χ1n) is 11.7. The van der Waals surface area contributed by atoms with Gasteiger partial charge in [-0.1, -0.05) is 18.2 Å². The van der Waals surface area contributed by atoms with Gasteiger partial charge in [-0.3, -0.25) is 4.79 Å². The summed E-state index contributed by atoms with van der Waals surface area (Å²) in [6.07, 6.45) is 6.16. The topological polar surface area (TPSA) is 61.4 Å². The number of aryl methyl sites for hydroxylation is 1. The van der Waals surface area contributed by atoms with E-state index in [2.05, 4.69) is 62.3 Å². The van der Waals surface area contributed by atoms with E-state index < -0.39 is 0 Å². The van der Waals surface area contributed by atoms with Crippen LogP contribution in [-0.2, 0) is 11.3 Å². The Bertz CT molecular complexity index is 1110. The van der Waals surface area contributed by atoms with Crippen LogP contribution in [-0.4, -0.2) is 52.0 Å². The third kappa shape index (κ3) is 3.57. The lowest BCUT2D eigenvalue weighted by Crippen LogP contribution is -2.58. The minimum Gasteiger partial charge on any atom is -0.347 e. The number of likely N-dealkylation sites (tertiary alicyclic amines) is 1. The number of carbonyl (C=O) groups is 1. The largest absolute Gasteiger partial charge is 0.347 e.